The van der Waals surface area contributed by atoms with Crippen LogP contribution in [0.4, 0.5) is 4.79 Å². The lowest BCUT2D eigenvalue weighted by atomic mass is 10.0. The largest absolute Gasteiger partial charge is 0.342 e. The van der Waals surface area contributed by atoms with Gasteiger partial charge in [0.2, 0.25) is 0 Å². The fraction of sp³-hybridized carbons (Fsp3) is 0.182. The van der Waals surface area contributed by atoms with E-state index in [-0.39, 0.29) is 11.1 Å². The number of benzene rings is 2. The number of rotatable bonds is 4. The topological polar surface area (TPSA) is 51.1 Å². The first-order chi connectivity index (χ1) is 13.0. The molecule has 0 spiro atoms. The van der Waals surface area contributed by atoms with Crippen molar-refractivity contribution in [2.24, 2.45) is 0 Å². The quantitative estimate of drug-likeness (QED) is 0.642. The fourth-order valence-electron chi connectivity index (χ4n) is 3.29. The first-order valence-electron chi connectivity index (χ1n) is 8.93. The van der Waals surface area contributed by atoms with Crippen LogP contribution in [-0.2, 0) is 11.3 Å². The van der Waals surface area contributed by atoms with Gasteiger partial charge in [-0.25, -0.2) is 0 Å². The molecule has 1 aliphatic heterocycles. The van der Waals surface area contributed by atoms with Crippen LogP contribution in [-0.4, -0.2) is 15.7 Å². The Kier molecular flexibility index (Phi) is 4.62. The molecule has 0 saturated carbocycles. The number of carbonyl (C=O) groups is 2. The van der Waals surface area contributed by atoms with E-state index in [1.807, 2.05) is 24.4 Å². The zero-order chi connectivity index (χ0) is 19.0. The van der Waals surface area contributed by atoms with Gasteiger partial charge in [-0.05, 0) is 40.9 Å². The van der Waals surface area contributed by atoms with Gasteiger partial charge in [0.05, 0.1) is 4.91 Å². The SMILES string of the molecule is CC(C)c1ccc(Cn2cc(C=C3SC(=O)NC3=O)c3ccccc32)cc1. The lowest BCUT2D eigenvalue weighted by Crippen LogP contribution is -2.17. The molecule has 136 valence electrons. The molecular formula is C22H20N2O2S. The van der Waals surface area contributed by atoms with Gasteiger partial charge >= 0.3 is 0 Å². The van der Waals surface area contributed by atoms with Gasteiger partial charge in [0.15, 0.2) is 0 Å². The number of hydrogen-bond acceptors (Lipinski definition) is 3. The van der Waals surface area contributed by atoms with Gasteiger partial charge in [0.25, 0.3) is 11.1 Å². The molecule has 1 aliphatic rings. The summed E-state index contributed by atoms with van der Waals surface area (Å²) >= 11 is 0.947. The molecule has 1 saturated heterocycles. The minimum absolute atomic E-state index is 0.319. The molecule has 2 heterocycles. The van der Waals surface area contributed by atoms with E-state index in [2.05, 4.69) is 54.1 Å². The Bertz CT molecular complexity index is 1060. The van der Waals surface area contributed by atoms with E-state index in [0.717, 1.165) is 34.8 Å². The molecule has 5 heteroatoms. The van der Waals surface area contributed by atoms with Crippen molar-refractivity contribution in [3.8, 4) is 0 Å². The van der Waals surface area contributed by atoms with Crippen molar-refractivity contribution in [3.05, 3.63) is 76.3 Å². The van der Waals surface area contributed by atoms with Crippen LogP contribution in [0.25, 0.3) is 17.0 Å². The molecule has 1 N–H and O–H groups in total. The summed E-state index contributed by atoms with van der Waals surface area (Å²) in [6, 6.07) is 16.8. The van der Waals surface area contributed by atoms with E-state index in [1.165, 1.54) is 11.1 Å². The van der Waals surface area contributed by atoms with E-state index < -0.39 is 0 Å². The molecule has 0 atom stereocenters. The molecule has 0 unspecified atom stereocenters. The first-order valence-corrected chi connectivity index (χ1v) is 9.74. The average molecular weight is 376 g/mol. The van der Waals surface area contributed by atoms with Crippen molar-refractivity contribution >= 4 is 39.9 Å². The van der Waals surface area contributed by atoms with E-state index in [9.17, 15) is 9.59 Å². The Hall–Kier alpha value is -2.79. The van der Waals surface area contributed by atoms with E-state index in [4.69, 9.17) is 0 Å². The van der Waals surface area contributed by atoms with Crippen molar-refractivity contribution in [3.63, 3.8) is 0 Å². The predicted octanol–water partition coefficient (Wildman–Crippen LogP) is 5.14. The number of imide groups is 1. The molecule has 2 aromatic carbocycles. The van der Waals surface area contributed by atoms with Crippen LogP contribution in [0.2, 0.25) is 0 Å². The minimum Gasteiger partial charge on any atom is -0.342 e. The molecule has 1 aromatic heterocycles. The van der Waals surface area contributed by atoms with Gasteiger partial charge in [-0.2, -0.15) is 0 Å². The van der Waals surface area contributed by atoms with Crippen LogP contribution in [0.1, 0.15) is 36.5 Å². The fourth-order valence-corrected chi connectivity index (χ4v) is 3.96. The maximum atomic E-state index is 11.9. The second-order valence-electron chi connectivity index (χ2n) is 6.98. The Morgan fingerprint density at radius 2 is 1.81 bits per heavy atom. The van der Waals surface area contributed by atoms with Gasteiger partial charge in [-0.3, -0.25) is 14.9 Å². The number of nitrogens with zero attached hydrogens (tertiary/aromatic N) is 1. The molecular weight excluding hydrogens is 356 g/mol. The summed E-state index contributed by atoms with van der Waals surface area (Å²) in [5.74, 6) is 0.188. The van der Waals surface area contributed by atoms with Crippen LogP contribution in [0.5, 0.6) is 0 Å². The number of para-hydroxylation sites is 1. The molecule has 1 fully saturated rings. The Labute approximate surface area is 162 Å². The smallest absolute Gasteiger partial charge is 0.290 e. The number of hydrogen-bond donors (Lipinski definition) is 1. The summed E-state index contributed by atoms with van der Waals surface area (Å²) in [4.78, 5) is 23.7. The second-order valence-corrected chi connectivity index (χ2v) is 7.99. The van der Waals surface area contributed by atoms with Gasteiger partial charge in [0, 0.05) is 29.2 Å². The summed E-state index contributed by atoms with van der Waals surface area (Å²) in [5.41, 5.74) is 4.60. The zero-order valence-corrected chi connectivity index (χ0v) is 16.0. The minimum atomic E-state index is -0.328. The number of aromatic nitrogens is 1. The van der Waals surface area contributed by atoms with E-state index in [1.54, 1.807) is 6.08 Å². The van der Waals surface area contributed by atoms with Crippen LogP contribution >= 0.6 is 11.8 Å². The molecule has 27 heavy (non-hydrogen) atoms. The number of fused-ring (bicyclic) bond motifs is 1. The van der Waals surface area contributed by atoms with Crippen LogP contribution in [0.3, 0.4) is 0 Å². The molecule has 3 aromatic rings. The Balaban J connectivity index is 1.71. The second kappa shape index (κ2) is 7.08. The standard InChI is InChI=1S/C22H20N2O2S/c1-14(2)16-9-7-15(8-10-16)12-24-13-17(18-5-3-4-6-19(18)24)11-20-21(25)23-22(26)27-20/h3-11,13-14H,12H2,1-2H3,(H,23,25,26). The lowest BCUT2D eigenvalue weighted by Gasteiger charge is -2.09. The van der Waals surface area contributed by atoms with Gasteiger partial charge < -0.3 is 4.57 Å². The molecule has 0 aliphatic carbocycles. The normalized spacial score (nSPS) is 15.9. The van der Waals surface area contributed by atoms with Crippen molar-refractivity contribution in [1.29, 1.82) is 0 Å². The number of thioether (sulfide) groups is 1. The molecule has 4 nitrogen and oxygen atoms in total. The Morgan fingerprint density at radius 3 is 2.48 bits per heavy atom. The van der Waals surface area contributed by atoms with Gasteiger partial charge in [-0.15, -0.1) is 0 Å². The highest BCUT2D eigenvalue weighted by molar-refractivity contribution is 8.18. The number of amides is 2. The van der Waals surface area contributed by atoms with Gasteiger partial charge in [-0.1, -0.05) is 56.3 Å². The van der Waals surface area contributed by atoms with Crippen molar-refractivity contribution in [2.75, 3.05) is 0 Å². The highest BCUT2D eigenvalue weighted by Crippen LogP contribution is 2.30. The van der Waals surface area contributed by atoms with Crippen LogP contribution < -0.4 is 5.32 Å². The molecule has 4 rings (SSSR count). The summed E-state index contributed by atoms with van der Waals surface area (Å²) in [6.07, 6.45) is 3.84. The third-order valence-electron chi connectivity index (χ3n) is 4.75. The number of carbonyl (C=O) groups excluding carboxylic acids is 2. The predicted molar refractivity (Wildman–Crippen MR) is 111 cm³/mol. The zero-order valence-electron chi connectivity index (χ0n) is 15.2. The van der Waals surface area contributed by atoms with Crippen molar-refractivity contribution in [2.45, 2.75) is 26.3 Å². The van der Waals surface area contributed by atoms with Crippen LogP contribution in [0, 0.1) is 0 Å². The summed E-state index contributed by atoms with van der Waals surface area (Å²) in [7, 11) is 0. The van der Waals surface area contributed by atoms with Crippen LogP contribution in [0.15, 0.2) is 59.6 Å². The summed E-state index contributed by atoms with van der Waals surface area (Å²) < 4.78 is 2.19. The van der Waals surface area contributed by atoms with E-state index >= 15 is 0 Å². The lowest BCUT2D eigenvalue weighted by molar-refractivity contribution is -0.115. The third-order valence-corrected chi connectivity index (χ3v) is 5.56. The molecule has 0 bridgehead atoms. The average Bonchev–Trinajstić information content (AvgIpc) is 3.15. The van der Waals surface area contributed by atoms with E-state index in [0.29, 0.717) is 10.8 Å². The first kappa shape index (κ1) is 17.6. The summed E-state index contributed by atoms with van der Waals surface area (Å²) in [5, 5.41) is 3.05. The van der Waals surface area contributed by atoms with Crippen molar-refractivity contribution in [1.82, 2.24) is 9.88 Å². The summed E-state index contributed by atoms with van der Waals surface area (Å²) in [6.45, 7) is 5.13. The third kappa shape index (κ3) is 3.55. The van der Waals surface area contributed by atoms with Crippen molar-refractivity contribution < 1.29 is 9.59 Å². The molecule has 0 radical (unpaired) electrons. The molecule has 2 amide bonds. The number of nitrogens with one attached hydrogen (secondary N) is 1. The Morgan fingerprint density at radius 1 is 1.07 bits per heavy atom. The van der Waals surface area contributed by atoms with Gasteiger partial charge in [0.1, 0.15) is 0 Å². The highest BCUT2D eigenvalue weighted by atomic mass is 32.2. The highest BCUT2D eigenvalue weighted by Gasteiger charge is 2.25. The monoisotopic (exact) mass is 376 g/mol. The maximum absolute atomic E-state index is 11.9. The maximum Gasteiger partial charge on any atom is 0.290 e.